The van der Waals surface area contributed by atoms with Gasteiger partial charge in [-0.1, -0.05) is 6.07 Å². The van der Waals surface area contributed by atoms with E-state index in [4.69, 9.17) is 9.47 Å². The van der Waals surface area contributed by atoms with Crippen LogP contribution in [-0.2, 0) is 33.0 Å². The third-order valence-corrected chi connectivity index (χ3v) is 12.0. The van der Waals surface area contributed by atoms with Crippen molar-refractivity contribution in [3.8, 4) is 22.6 Å². The van der Waals surface area contributed by atoms with E-state index < -0.39 is 69.5 Å². The van der Waals surface area contributed by atoms with Crippen molar-refractivity contribution in [2.45, 2.75) is 25.3 Å². The van der Waals surface area contributed by atoms with E-state index in [1.54, 1.807) is 17.0 Å². The molecule has 0 fully saturated rings. The molecular formula is C34H42F4N6O4S3. The highest BCUT2D eigenvalue weighted by molar-refractivity contribution is 8.32. The first-order valence-corrected chi connectivity index (χ1v) is 23.2. The lowest BCUT2D eigenvalue weighted by Crippen LogP contribution is -2.16. The molecule has 5 rings (SSSR count). The summed E-state index contributed by atoms with van der Waals surface area (Å²) in [5, 5.41) is 5.01. The van der Waals surface area contributed by atoms with Gasteiger partial charge in [0.05, 0.1) is 30.8 Å². The average Bonchev–Trinajstić information content (AvgIpc) is 3.64. The minimum absolute atomic E-state index is 0.0512. The third-order valence-electron chi connectivity index (χ3n) is 7.77. The second kappa shape index (κ2) is 15.1. The first kappa shape index (κ1) is 38.6. The van der Waals surface area contributed by atoms with Gasteiger partial charge in [-0.25, -0.2) is 55.7 Å². The Morgan fingerprint density at radius 2 is 1.47 bits per heavy atom. The minimum Gasteiger partial charge on any atom is -0.360 e. The quantitative estimate of drug-likeness (QED) is 0.0905. The van der Waals surface area contributed by atoms with E-state index in [0.29, 0.717) is 42.3 Å². The number of sulfonamides is 1. The van der Waals surface area contributed by atoms with Crippen molar-refractivity contribution < 1.29 is 35.5 Å². The molecule has 1 N–H and O–H groups in total. The van der Waals surface area contributed by atoms with Gasteiger partial charge in [0.15, 0.2) is 17.5 Å². The number of aryl methyl sites for hydroxylation is 1. The predicted octanol–water partition coefficient (Wildman–Crippen LogP) is 6.96. The number of rotatable bonds is 15. The van der Waals surface area contributed by atoms with Gasteiger partial charge in [-0.2, -0.15) is 5.10 Å². The molecule has 278 valence electrons. The third kappa shape index (κ3) is 9.24. The number of aromatic nitrogens is 5. The Morgan fingerprint density at radius 1 is 0.804 bits per heavy atom. The predicted molar refractivity (Wildman–Crippen MR) is 198 cm³/mol. The van der Waals surface area contributed by atoms with Crippen molar-refractivity contribution in [2.75, 3.05) is 67.0 Å². The van der Waals surface area contributed by atoms with E-state index in [-0.39, 0.29) is 30.2 Å². The molecule has 3 heterocycles. The van der Waals surface area contributed by atoms with E-state index in [0.717, 1.165) is 23.8 Å². The van der Waals surface area contributed by atoms with Crippen LogP contribution in [0.25, 0.3) is 33.5 Å². The van der Waals surface area contributed by atoms with E-state index in [1.807, 2.05) is 4.72 Å². The van der Waals surface area contributed by atoms with Crippen molar-refractivity contribution in [1.82, 2.24) is 24.3 Å². The molecule has 0 amide bonds. The largest absolute Gasteiger partial charge is 0.360 e. The number of nitrogens with zero attached hydrogens (tertiary/aromatic N) is 5. The maximum atomic E-state index is 16.7. The Balaban J connectivity index is 1.57. The molecule has 0 radical (unpaired) electrons. The second-order valence-electron chi connectivity index (χ2n) is 13.7. The van der Waals surface area contributed by atoms with E-state index in [9.17, 15) is 12.8 Å². The molecule has 5 aromatic rings. The van der Waals surface area contributed by atoms with Crippen LogP contribution in [0.3, 0.4) is 0 Å². The number of benzene rings is 2. The molecule has 10 nitrogen and oxygen atoms in total. The van der Waals surface area contributed by atoms with Crippen LogP contribution in [0.5, 0.6) is 0 Å². The smallest absolute Gasteiger partial charge is 0.263 e. The molecule has 0 atom stereocenters. The lowest BCUT2D eigenvalue weighted by atomic mass is 10.0. The maximum Gasteiger partial charge on any atom is 0.263 e. The molecule has 0 saturated carbocycles. The maximum absolute atomic E-state index is 16.7. The van der Waals surface area contributed by atoms with Crippen LogP contribution >= 0.6 is 20.1 Å². The summed E-state index contributed by atoms with van der Waals surface area (Å²) in [6.07, 6.45) is 17.2. The number of nitrogens with one attached hydrogen (secondary N) is 1. The van der Waals surface area contributed by atoms with Gasteiger partial charge in [-0.05, 0) is 62.7 Å². The number of hydrogen-bond donors (Lipinski definition) is 1. The molecule has 0 bridgehead atoms. The standard InChI is InChI=1S/C34H42F4N6O4S3/c1-22-29(18-24(36)19-40-22)51(45,46)42-28-17-23(35)16-27(30(28)37)25-8-9-26-32(34-39-10-11-43(34)20-47-12-14-49(2,3)4)41-44(33(26)31(25)38)21-48-13-15-50(5,6)7/h8-11,16-19,42H,12-15,20-21H2,1-7H3. The van der Waals surface area contributed by atoms with Gasteiger partial charge < -0.3 is 14.0 Å². The summed E-state index contributed by atoms with van der Waals surface area (Å²) in [5.41, 5.74) is -1.50. The fourth-order valence-electron chi connectivity index (χ4n) is 5.08. The van der Waals surface area contributed by atoms with Gasteiger partial charge in [0.25, 0.3) is 10.0 Å². The second-order valence-corrected chi connectivity index (χ2v) is 24.5. The molecule has 0 saturated heterocycles. The van der Waals surface area contributed by atoms with Crippen molar-refractivity contribution >= 4 is 46.7 Å². The fourth-order valence-corrected chi connectivity index (χ4v) is 7.57. The number of pyridine rings is 1. The molecule has 51 heavy (non-hydrogen) atoms. The van der Waals surface area contributed by atoms with Gasteiger partial charge >= 0.3 is 0 Å². The Hall–Kier alpha value is -3.64. The van der Waals surface area contributed by atoms with Crippen molar-refractivity contribution in [3.63, 3.8) is 0 Å². The SMILES string of the molecule is Cc1ncc(F)cc1S(=O)(=O)Nc1cc(F)cc(-c2ccc3c(-c4nccn4COCCS(C)(C)C)nn(COCCS(C)(C)C)c3c2F)c1F. The van der Waals surface area contributed by atoms with E-state index in [1.165, 1.54) is 23.7 Å². The van der Waals surface area contributed by atoms with Gasteiger partial charge in [0.2, 0.25) is 0 Å². The van der Waals surface area contributed by atoms with Gasteiger partial charge in [0, 0.05) is 46.5 Å². The summed E-state index contributed by atoms with van der Waals surface area (Å²) >= 11 is 0. The van der Waals surface area contributed by atoms with Gasteiger partial charge in [-0.15, -0.1) is 0 Å². The Morgan fingerprint density at radius 3 is 2.14 bits per heavy atom. The summed E-state index contributed by atoms with van der Waals surface area (Å²) < 4.78 is 105. The zero-order valence-corrected chi connectivity index (χ0v) is 31.9. The van der Waals surface area contributed by atoms with Gasteiger partial charge in [-0.3, -0.25) is 9.71 Å². The normalized spacial score (nSPS) is 13.2. The molecule has 0 spiro atoms. The molecule has 2 aromatic carbocycles. The first-order chi connectivity index (χ1) is 23.8. The first-order valence-electron chi connectivity index (χ1n) is 15.7. The Bertz CT molecular complexity index is 2160. The van der Waals surface area contributed by atoms with E-state index >= 15 is 13.2 Å². The van der Waals surface area contributed by atoms with Crippen LogP contribution in [-0.4, -0.2) is 95.0 Å². The number of anilines is 1. The number of fused-ring (bicyclic) bond motifs is 1. The van der Waals surface area contributed by atoms with Crippen LogP contribution < -0.4 is 4.72 Å². The highest BCUT2D eigenvalue weighted by Gasteiger charge is 2.26. The topological polar surface area (TPSA) is 113 Å². The monoisotopic (exact) mass is 770 g/mol. The van der Waals surface area contributed by atoms with Crippen molar-refractivity contribution in [3.05, 3.63) is 77.9 Å². The lowest BCUT2D eigenvalue weighted by Gasteiger charge is -2.24. The number of halogens is 4. The highest BCUT2D eigenvalue weighted by Crippen LogP contribution is 2.38. The molecule has 0 aliphatic carbocycles. The summed E-state index contributed by atoms with van der Waals surface area (Å²) in [6, 6.07) is 4.88. The van der Waals surface area contributed by atoms with Crippen LogP contribution in [0.2, 0.25) is 0 Å². The summed E-state index contributed by atoms with van der Waals surface area (Å²) in [7, 11) is -6.26. The van der Waals surface area contributed by atoms with Crippen LogP contribution in [0.15, 0.2) is 53.8 Å². The zero-order chi connectivity index (χ0) is 37.3. The zero-order valence-electron chi connectivity index (χ0n) is 29.5. The molecule has 0 aliphatic rings. The van der Waals surface area contributed by atoms with E-state index in [2.05, 4.69) is 52.6 Å². The number of imidazole rings is 1. The summed E-state index contributed by atoms with van der Waals surface area (Å²) in [5.74, 6) is -2.06. The summed E-state index contributed by atoms with van der Waals surface area (Å²) in [4.78, 5) is 7.60. The van der Waals surface area contributed by atoms with Crippen molar-refractivity contribution in [2.24, 2.45) is 0 Å². The Labute approximate surface area is 298 Å². The molecule has 3 aromatic heterocycles. The Kier molecular flexibility index (Phi) is 11.5. The molecule has 0 unspecified atom stereocenters. The lowest BCUT2D eigenvalue weighted by molar-refractivity contribution is 0.0836. The average molecular weight is 771 g/mol. The highest BCUT2D eigenvalue weighted by atomic mass is 32.3. The van der Waals surface area contributed by atoms with Crippen molar-refractivity contribution in [1.29, 1.82) is 0 Å². The van der Waals surface area contributed by atoms with Crippen LogP contribution in [0.1, 0.15) is 5.69 Å². The fraction of sp³-hybridized carbons (Fsp3) is 0.382. The molecule has 17 heteroatoms. The summed E-state index contributed by atoms with van der Waals surface area (Å²) in [6.45, 7) is 2.30. The minimum atomic E-state index is -4.62. The number of ether oxygens (including phenoxy) is 2. The van der Waals surface area contributed by atoms with Crippen LogP contribution in [0, 0.1) is 30.2 Å². The van der Waals surface area contributed by atoms with Crippen LogP contribution in [0.4, 0.5) is 23.2 Å². The molecule has 0 aliphatic heterocycles. The number of hydrogen-bond acceptors (Lipinski definition) is 7. The molecular weight excluding hydrogens is 729 g/mol. The van der Waals surface area contributed by atoms with Gasteiger partial charge in [0.1, 0.15) is 41.2 Å².